The third kappa shape index (κ3) is 5.53. The van der Waals surface area contributed by atoms with Gasteiger partial charge in [-0.1, -0.05) is 94.8 Å². The third-order valence-electron chi connectivity index (χ3n) is 5.36. The minimum absolute atomic E-state index is 0.0499. The Morgan fingerprint density at radius 3 is 1.81 bits per heavy atom. The van der Waals surface area contributed by atoms with E-state index in [2.05, 4.69) is 88.4 Å². The molecular formula is C24H37NOSi. The van der Waals surface area contributed by atoms with Crippen LogP contribution in [0.25, 0.3) is 0 Å². The first-order chi connectivity index (χ1) is 12.9. The minimum atomic E-state index is -2.37. The molecule has 2 aromatic rings. The highest BCUT2D eigenvalue weighted by atomic mass is 28.4. The molecule has 1 atom stereocenters. The van der Waals surface area contributed by atoms with Crippen molar-refractivity contribution in [1.29, 1.82) is 0 Å². The average molecular weight is 384 g/mol. The van der Waals surface area contributed by atoms with E-state index in [0.717, 1.165) is 32.3 Å². The van der Waals surface area contributed by atoms with Crippen molar-refractivity contribution in [3.8, 4) is 0 Å². The molecule has 0 spiro atoms. The predicted octanol–water partition coefficient (Wildman–Crippen LogP) is 4.86. The molecule has 0 fully saturated rings. The molecule has 0 bridgehead atoms. The maximum atomic E-state index is 6.91. The zero-order valence-corrected chi connectivity index (χ0v) is 18.6. The fourth-order valence-corrected chi connectivity index (χ4v) is 8.62. The summed E-state index contributed by atoms with van der Waals surface area (Å²) in [7, 11) is -2.37. The predicted molar refractivity (Wildman–Crippen MR) is 120 cm³/mol. The van der Waals surface area contributed by atoms with E-state index in [4.69, 9.17) is 10.2 Å². The van der Waals surface area contributed by atoms with Crippen molar-refractivity contribution in [3.63, 3.8) is 0 Å². The molecule has 27 heavy (non-hydrogen) atoms. The molecule has 2 nitrogen and oxygen atoms in total. The lowest BCUT2D eigenvalue weighted by Gasteiger charge is -2.43. The van der Waals surface area contributed by atoms with Gasteiger partial charge in [-0.25, -0.2) is 0 Å². The molecule has 2 N–H and O–H groups in total. The standard InChI is InChI=1S/C24H37NOSi/c1-5-14-21(25)15-12-13-20-26-27(24(2,3)4,22-16-8-6-9-17-22)23-18-10-7-11-19-23/h6-11,16-19,21H,5,12-15,20,25H2,1-4H3. The third-order valence-corrected chi connectivity index (χ3v) is 10.4. The molecule has 148 valence electrons. The van der Waals surface area contributed by atoms with Gasteiger partial charge in [0.25, 0.3) is 8.32 Å². The molecular weight excluding hydrogens is 346 g/mol. The Morgan fingerprint density at radius 2 is 1.37 bits per heavy atom. The molecule has 0 saturated carbocycles. The zero-order chi connectivity index (χ0) is 19.8. The molecule has 2 aromatic carbocycles. The maximum Gasteiger partial charge on any atom is 0.261 e. The first-order valence-electron chi connectivity index (χ1n) is 10.4. The van der Waals surface area contributed by atoms with Gasteiger partial charge in [0.1, 0.15) is 0 Å². The summed E-state index contributed by atoms with van der Waals surface area (Å²) < 4.78 is 6.91. The van der Waals surface area contributed by atoms with Gasteiger partial charge in [0, 0.05) is 12.6 Å². The fourth-order valence-electron chi connectivity index (χ4n) is 4.01. The number of hydrogen-bond donors (Lipinski definition) is 1. The van der Waals surface area contributed by atoms with Crippen LogP contribution < -0.4 is 16.1 Å². The van der Waals surface area contributed by atoms with Gasteiger partial charge in [0.05, 0.1) is 0 Å². The van der Waals surface area contributed by atoms with Crippen LogP contribution in [0.3, 0.4) is 0 Å². The van der Waals surface area contributed by atoms with Gasteiger partial charge in [0.2, 0.25) is 0 Å². The molecule has 0 aliphatic rings. The molecule has 0 aliphatic heterocycles. The SMILES string of the molecule is CCCC(N)CCCCO[Si](c1ccccc1)(c1ccccc1)C(C)(C)C. The van der Waals surface area contributed by atoms with Gasteiger partial charge in [-0.05, 0) is 41.1 Å². The van der Waals surface area contributed by atoms with Crippen LogP contribution in [0.4, 0.5) is 0 Å². The molecule has 2 rings (SSSR count). The van der Waals surface area contributed by atoms with E-state index in [9.17, 15) is 0 Å². The Morgan fingerprint density at radius 1 is 0.852 bits per heavy atom. The van der Waals surface area contributed by atoms with E-state index in [1.807, 2.05) is 0 Å². The van der Waals surface area contributed by atoms with E-state index >= 15 is 0 Å². The summed E-state index contributed by atoms with van der Waals surface area (Å²) in [6, 6.07) is 22.1. The molecule has 0 aromatic heterocycles. The first-order valence-corrected chi connectivity index (χ1v) is 12.3. The van der Waals surface area contributed by atoms with E-state index in [1.54, 1.807) is 0 Å². The molecule has 0 radical (unpaired) electrons. The van der Waals surface area contributed by atoms with Gasteiger partial charge in [-0.15, -0.1) is 0 Å². The highest BCUT2D eigenvalue weighted by Crippen LogP contribution is 2.36. The number of hydrogen-bond acceptors (Lipinski definition) is 2. The molecule has 0 saturated heterocycles. The summed E-state index contributed by atoms with van der Waals surface area (Å²) in [6.07, 6.45) is 5.59. The summed E-state index contributed by atoms with van der Waals surface area (Å²) in [4.78, 5) is 0. The van der Waals surface area contributed by atoms with Crippen molar-refractivity contribution < 1.29 is 4.43 Å². The molecule has 3 heteroatoms. The molecule has 0 aliphatic carbocycles. The van der Waals surface area contributed by atoms with Gasteiger partial charge in [-0.3, -0.25) is 0 Å². The van der Waals surface area contributed by atoms with Crippen LogP contribution in [0.2, 0.25) is 5.04 Å². The van der Waals surface area contributed by atoms with Crippen molar-refractivity contribution in [2.75, 3.05) is 6.61 Å². The van der Waals surface area contributed by atoms with Crippen molar-refractivity contribution in [2.24, 2.45) is 5.73 Å². The molecule has 0 heterocycles. The highest BCUT2D eigenvalue weighted by Gasteiger charge is 2.49. The second-order valence-electron chi connectivity index (χ2n) is 8.56. The second kappa shape index (κ2) is 10.2. The van der Waals surface area contributed by atoms with E-state index in [1.165, 1.54) is 16.8 Å². The maximum absolute atomic E-state index is 6.91. The summed E-state index contributed by atoms with van der Waals surface area (Å²) in [5.41, 5.74) is 6.17. The summed E-state index contributed by atoms with van der Waals surface area (Å²) in [5, 5.41) is 2.76. The quantitative estimate of drug-likeness (QED) is 0.470. The van der Waals surface area contributed by atoms with Crippen LogP contribution in [-0.4, -0.2) is 21.0 Å². The van der Waals surface area contributed by atoms with Crippen molar-refractivity contribution in [2.45, 2.75) is 70.9 Å². The lowest BCUT2D eigenvalue weighted by molar-refractivity contribution is 0.284. The second-order valence-corrected chi connectivity index (χ2v) is 12.9. The van der Waals surface area contributed by atoms with Crippen LogP contribution in [0.1, 0.15) is 59.8 Å². The Kier molecular flexibility index (Phi) is 8.27. The van der Waals surface area contributed by atoms with E-state index in [0.29, 0.717) is 6.04 Å². The average Bonchev–Trinajstić information content (AvgIpc) is 2.65. The number of rotatable bonds is 10. The van der Waals surface area contributed by atoms with Crippen molar-refractivity contribution >= 4 is 18.7 Å². The minimum Gasteiger partial charge on any atom is -0.407 e. The van der Waals surface area contributed by atoms with Crippen LogP contribution in [0.5, 0.6) is 0 Å². The number of nitrogens with two attached hydrogens (primary N) is 1. The largest absolute Gasteiger partial charge is 0.407 e. The fraction of sp³-hybridized carbons (Fsp3) is 0.500. The van der Waals surface area contributed by atoms with Crippen molar-refractivity contribution in [1.82, 2.24) is 0 Å². The van der Waals surface area contributed by atoms with E-state index < -0.39 is 8.32 Å². The van der Waals surface area contributed by atoms with Crippen LogP contribution >= 0.6 is 0 Å². The van der Waals surface area contributed by atoms with Crippen molar-refractivity contribution in [3.05, 3.63) is 60.7 Å². The van der Waals surface area contributed by atoms with Gasteiger partial charge >= 0.3 is 0 Å². The first kappa shape index (κ1) is 21.9. The molecule has 0 amide bonds. The Labute approximate surface area is 167 Å². The Bertz CT molecular complexity index is 612. The van der Waals surface area contributed by atoms with Gasteiger partial charge in [0.15, 0.2) is 0 Å². The zero-order valence-electron chi connectivity index (χ0n) is 17.6. The van der Waals surface area contributed by atoms with Gasteiger partial charge in [-0.2, -0.15) is 0 Å². The van der Waals surface area contributed by atoms with Crippen LogP contribution in [0.15, 0.2) is 60.7 Å². The summed E-state index contributed by atoms with van der Waals surface area (Å²) in [5.74, 6) is 0. The Balaban J connectivity index is 2.22. The highest BCUT2D eigenvalue weighted by molar-refractivity contribution is 6.99. The normalized spacial score (nSPS) is 13.5. The smallest absolute Gasteiger partial charge is 0.261 e. The lowest BCUT2D eigenvalue weighted by atomic mass is 10.1. The lowest BCUT2D eigenvalue weighted by Crippen LogP contribution is -2.66. The van der Waals surface area contributed by atoms with E-state index in [-0.39, 0.29) is 5.04 Å². The van der Waals surface area contributed by atoms with Gasteiger partial charge < -0.3 is 10.2 Å². The number of benzene rings is 2. The summed E-state index contributed by atoms with van der Waals surface area (Å²) >= 11 is 0. The Hall–Kier alpha value is -1.42. The number of unbranched alkanes of at least 4 members (excludes halogenated alkanes) is 1. The van der Waals surface area contributed by atoms with Crippen LogP contribution in [0, 0.1) is 0 Å². The topological polar surface area (TPSA) is 35.2 Å². The monoisotopic (exact) mass is 383 g/mol. The van der Waals surface area contributed by atoms with Crippen LogP contribution in [-0.2, 0) is 4.43 Å². The molecule has 1 unspecified atom stereocenters. The summed E-state index contributed by atoms with van der Waals surface area (Å²) in [6.45, 7) is 9.99.